The Hall–Kier alpha value is -0.360. The Bertz CT molecular complexity index is 261. The fraction of sp³-hybridized carbons (Fsp3) is 1.00. The highest BCUT2D eigenvalue weighted by Crippen LogP contribution is 2.22. The van der Waals surface area contributed by atoms with Crippen LogP contribution < -0.4 is 0 Å². The molecule has 9 nitrogen and oxygen atoms in total. The van der Waals surface area contributed by atoms with Gasteiger partial charge >= 0.3 is 0 Å². The van der Waals surface area contributed by atoms with Gasteiger partial charge in [0.15, 0.2) is 6.29 Å². The SMILES string of the molecule is OC[C@H](O)[C@@H](O)CO[C@H]1O[C@H](CO)[C@@H](O)[C@H](O)[C@H]1O. The number of hydrogen-bond acceptors (Lipinski definition) is 9. The van der Waals surface area contributed by atoms with Crippen LogP contribution in [0.15, 0.2) is 0 Å². The first kappa shape index (κ1) is 16.7. The van der Waals surface area contributed by atoms with Gasteiger partial charge in [0.2, 0.25) is 0 Å². The van der Waals surface area contributed by atoms with E-state index in [1.54, 1.807) is 0 Å². The lowest BCUT2D eigenvalue weighted by atomic mass is 9.99. The molecule has 1 aliphatic heterocycles. The Morgan fingerprint density at radius 3 is 2.11 bits per heavy atom. The number of ether oxygens (including phenoxy) is 2. The van der Waals surface area contributed by atoms with Crippen molar-refractivity contribution >= 4 is 0 Å². The van der Waals surface area contributed by atoms with Crippen molar-refractivity contribution in [2.24, 2.45) is 0 Å². The minimum Gasteiger partial charge on any atom is -0.394 e. The fourth-order valence-electron chi connectivity index (χ4n) is 1.63. The van der Waals surface area contributed by atoms with Gasteiger partial charge in [0.1, 0.15) is 36.6 Å². The van der Waals surface area contributed by atoms with Gasteiger partial charge in [-0.05, 0) is 0 Å². The molecule has 7 atom stereocenters. The minimum atomic E-state index is -1.57. The van der Waals surface area contributed by atoms with Crippen LogP contribution in [0.3, 0.4) is 0 Å². The summed E-state index contributed by atoms with van der Waals surface area (Å²) in [7, 11) is 0. The van der Waals surface area contributed by atoms with Gasteiger partial charge < -0.3 is 45.2 Å². The molecular formula is C10H20O9. The van der Waals surface area contributed by atoms with E-state index in [1.165, 1.54) is 0 Å². The van der Waals surface area contributed by atoms with Crippen molar-refractivity contribution in [3.05, 3.63) is 0 Å². The van der Waals surface area contributed by atoms with E-state index in [9.17, 15) is 20.4 Å². The highest BCUT2D eigenvalue weighted by atomic mass is 16.7. The van der Waals surface area contributed by atoms with Crippen molar-refractivity contribution in [1.29, 1.82) is 0 Å². The Kier molecular flexibility index (Phi) is 6.53. The molecule has 0 spiro atoms. The molecule has 0 radical (unpaired) electrons. The summed E-state index contributed by atoms with van der Waals surface area (Å²) in [6.45, 7) is -1.73. The summed E-state index contributed by atoms with van der Waals surface area (Å²) >= 11 is 0. The van der Waals surface area contributed by atoms with Crippen LogP contribution in [0.4, 0.5) is 0 Å². The van der Waals surface area contributed by atoms with Crippen LogP contribution in [-0.2, 0) is 9.47 Å². The standard InChI is InChI=1S/C10H20O9/c11-1-4(13)5(14)3-18-10-9(17)8(16)7(15)6(2-12)19-10/h4-17H,1-3H2/t4-,5-,6+,7+,8-,9+,10-/m0/s1. The molecule has 0 aromatic carbocycles. The van der Waals surface area contributed by atoms with Gasteiger partial charge in [-0.1, -0.05) is 0 Å². The maximum Gasteiger partial charge on any atom is 0.186 e. The van der Waals surface area contributed by atoms with Gasteiger partial charge in [-0.15, -0.1) is 0 Å². The van der Waals surface area contributed by atoms with E-state index in [4.69, 9.17) is 24.8 Å². The molecule has 0 aromatic heterocycles. The second kappa shape index (κ2) is 7.43. The van der Waals surface area contributed by atoms with Crippen LogP contribution >= 0.6 is 0 Å². The van der Waals surface area contributed by atoms with E-state index < -0.39 is 62.7 Å². The van der Waals surface area contributed by atoms with E-state index in [-0.39, 0.29) is 0 Å². The maximum absolute atomic E-state index is 9.59. The first-order valence-electron chi connectivity index (χ1n) is 5.81. The number of rotatable bonds is 6. The molecule has 1 heterocycles. The lowest BCUT2D eigenvalue weighted by molar-refractivity contribution is -0.306. The van der Waals surface area contributed by atoms with Crippen LogP contribution in [0, 0.1) is 0 Å². The van der Waals surface area contributed by atoms with Crippen LogP contribution in [0.2, 0.25) is 0 Å². The van der Waals surface area contributed by atoms with Crippen molar-refractivity contribution in [3.8, 4) is 0 Å². The predicted molar refractivity (Wildman–Crippen MR) is 58.8 cm³/mol. The van der Waals surface area contributed by atoms with Crippen molar-refractivity contribution in [2.75, 3.05) is 19.8 Å². The summed E-state index contributed by atoms with van der Waals surface area (Å²) in [6, 6.07) is 0. The average Bonchev–Trinajstić information content (AvgIpc) is 2.42. The topological polar surface area (TPSA) is 160 Å². The average molecular weight is 284 g/mol. The van der Waals surface area contributed by atoms with Crippen LogP contribution in [0.1, 0.15) is 0 Å². The molecular weight excluding hydrogens is 264 g/mol. The molecule has 7 N–H and O–H groups in total. The maximum atomic E-state index is 9.59. The van der Waals surface area contributed by atoms with Crippen molar-refractivity contribution in [2.45, 2.75) is 42.9 Å². The Morgan fingerprint density at radius 2 is 1.58 bits per heavy atom. The molecule has 0 amide bonds. The molecule has 1 aliphatic rings. The third kappa shape index (κ3) is 4.05. The molecule has 0 aromatic rings. The van der Waals surface area contributed by atoms with E-state index >= 15 is 0 Å². The smallest absolute Gasteiger partial charge is 0.186 e. The second-order valence-electron chi connectivity index (χ2n) is 4.35. The number of hydrogen-bond donors (Lipinski definition) is 7. The second-order valence-corrected chi connectivity index (χ2v) is 4.35. The molecule has 1 saturated heterocycles. The van der Waals surface area contributed by atoms with Crippen molar-refractivity contribution in [3.63, 3.8) is 0 Å². The summed E-state index contributed by atoms with van der Waals surface area (Å²) in [5.74, 6) is 0. The molecule has 9 heteroatoms. The van der Waals surface area contributed by atoms with Crippen LogP contribution in [0.5, 0.6) is 0 Å². The zero-order valence-electron chi connectivity index (χ0n) is 10.1. The summed E-state index contributed by atoms with van der Waals surface area (Å²) in [6.07, 6.45) is -9.94. The van der Waals surface area contributed by atoms with Crippen molar-refractivity contribution < 1.29 is 45.2 Å². The molecule has 0 unspecified atom stereocenters. The normalized spacial score (nSPS) is 39.0. The van der Waals surface area contributed by atoms with E-state index in [1.807, 2.05) is 0 Å². The molecule has 1 rings (SSSR count). The minimum absolute atomic E-state index is 0.468. The van der Waals surface area contributed by atoms with Crippen LogP contribution in [0.25, 0.3) is 0 Å². The summed E-state index contributed by atoms with van der Waals surface area (Å²) in [5.41, 5.74) is 0. The van der Waals surface area contributed by atoms with Crippen LogP contribution in [-0.4, -0.2) is 98.5 Å². The number of aliphatic hydroxyl groups is 7. The van der Waals surface area contributed by atoms with Gasteiger partial charge in [0.25, 0.3) is 0 Å². The van der Waals surface area contributed by atoms with Gasteiger partial charge in [-0.25, -0.2) is 0 Å². The highest BCUT2D eigenvalue weighted by Gasteiger charge is 2.44. The summed E-state index contributed by atoms with van der Waals surface area (Å²) < 4.78 is 9.96. The Morgan fingerprint density at radius 1 is 0.947 bits per heavy atom. The molecule has 0 aliphatic carbocycles. The third-order valence-electron chi connectivity index (χ3n) is 2.91. The van der Waals surface area contributed by atoms with Gasteiger partial charge in [0.05, 0.1) is 19.8 Å². The fourth-order valence-corrected chi connectivity index (χ4v) is 1.63. The lowest BCUT2D eigenvalue weighted by Gasteiger charge is -2.39. The number of aliphatic hydroxyl groups excluding tert-OH is 7. The zero-order chi connectivity index (χ0) is 14.6. The first-order chi connectivity index (χ1) is 8.92. The molecule has 114 valence electrons. The summed E-state index contributed by atoms with van der Waals surface area (Å²) in [5, 5.41) is 64.5. The van der Waals surface area contributed by atoms with Crippen molar-refractivity contribution in [1.82, 2.24) is 0 Å². The molecule has 0 bridgehead atoms. The van der Waals surface area contributed by atoms with Gasteiger partial charge in [-0.3, -0.25) is 0 Å². The first-order valence-corrected chi connectivity index (χ1v) is 5.81. The highest BCUT2D eigenvalue weighted by molar-refractivity contribution is 4.89. The predicted octanol–water partition coefficient (Wildman–Crippen LogP) is -4.48. The largest absolute Gasteiger partial charge is 0.394 e. The van der Waals surface area contributed by atoms with Gasteiger partial charge in [-0.2, -0.15) is 0 Å². The monoisotopic (exact) mass is 284 g/mol. The van der Waals surface area contributed by atoms with E-state index in [0.717, 1.165) is 0 Å². The lowest BCUT2D eigenvalue weighted by Crippen LogP contribution is -2.59. The molecule has 1 fully saturated rings. The summed E-state index contributed by atoms with van der Waals surface area (Å²) in [4.78, 5) is 0. The zero-order valence-corrected chi connectivity index (χ0v) is 10.1. The Balaban J connectivity index is 2.52. The molecule has 19 heavy (non-hydrogen) atoms. The Labute approximate surface area is 109 Å². The molecule has 0 saturated carbocycles. The van der Waals surface area contributed by atoms with E-state index in [2.05, 4.69) is 0 Å². The van der Waals surface area contributed by atoms with E-state index in [0.29, 0.717) is 0 Å². The van der Waals surface area contributed by atoms with Gasteiger partial charge in [0, 0.05) is 0 Å². The quantitative estimate of drug-likeness (QED) is 0.255. The third-order valence-corrected chi connectivity index (χ3v) is 2.91.